The van der Waals surface area contributed by atoms with E-state index in [2.05, 4.69) is 34.6 Å². The van der Waals surface area contributed by atoms with Gasteiger partial charge in [-0.15, -0.1) is 0 Å². The van der Waals surface area contributed by atoms with Crippen molar-refractivity contribution in [3.05, 3.63) is 53.6 Å². The fourth-order valence-electron chi connectivity index (χ4n) is 4.36. The summed E-state index contributed by atoms with van der Waals surface area (Å²) < 4.78 is 11.4. The highest BCUT2D eigenvalue weighted by Crippen LogP contribution is 2.61. The molecule has 0 radical (unpaired) electrons. The minimum atomic E-state index is 0.456. The number of nitrogens with two attached hydrogens (primary N) is 1. The zero-order chi connectivity index (χ0) is 17.5. The van der Waals surface area contributed by atoms with Crippen LogP contribution in [0.1, 0.15) is 23.5 Å². The first kappa shape index (κ1) is 15.6. The Morgan fingerprint density at radius 3 is 2.88 bits per heavy atom. The molecule has 3 N–H and O–H groups in total. The van der Waals surface area contributed by atoms with Crippen molar-refractivity contribution in [3.63, 3.8) is 0 Å². The maximum absolute atomic E-state index is 6.10. The quantitative estimate of drug-likeness (QED) is 0.660. The summed E-state index contributed by atoms with van der Waals surface area (Å²) in [5.41, 5.74) is 10.0. The van der Waals surface area contributed by atoms with E-state index in [4.69, 9.17) is 15.2 Å². The number of rotatable bonds is 3. The Bertz CT molecular complexity index is 864. The van der Waals surface area contributed by atoms with E-state index in [1.807, 2.05) is 18.2 Å². The Labute approximate surface area is 153 Å². The van der Waals surface area contributed by atoms with Crippen molar-refractivity contribution >= 4 is 11.6 Å². The zero-order valence-corrected chi connectivity index (χ0v) is 14.7. The first-order chi connectivity index (χ1) is 12.8. The van der Waals surface area contributed by atoms with Crippen LogP contribution in [0.2, 0.25) is 0 Å². The lowest BCUT2D eigenvalue weighted by atomic mass is 10.0. The van der Waals surface area contributed by atoms with Gasteiger partial charge in [0.25, 0.3) is 0 Å². The Kier molecular flexibility index (Phi) is 3.73. The van der Waals surface area contributed by atoms with Crippen molar-refractivity contribution in [1.29, 1.82) is 0 Å². The van der Waals surface area contributed by atoms with Crippen LogP contribution in [0.25, 0.3) is 0 Å². The minimum Gasteiger partial charge on any atom is -0.490 e. The highest BCUT2D eigenvalue weighted by atomic mass is 16.5. The second kappa shape index (κ2) is 6.24. The third-order valence-electron chi connectivity index (χ3n) is 5.69. The molecular formula is C21H23N3O2. The van der Waals surface area contributed by atoms with Crippen molar-refractivity contribution in [3.8, 4) is 11.5 Å². The van der Waals surface area contributed by atoms with Crippen LogP contribution in [0.3, 0.4) is 0 Å². The van der Waals surface area contributed by atoms with Gasteiger partial charge in [0.05, 0.1) is 13.2 Å². The molecule has 26 heavy (non-hydrogen) atoms. The van der Waals surface area contributed by atoms with Crippen molar-refractivity contribution in [1.82, 2.24) is 0 Å². The molecule has 3 aliphatic rings. The number of nitrogens with zero attached hydrogens (tertiary/aromatic N) is 1. The largest absolute Gasteiger partial charge is 0.490 e. The van der Waals surface area contributed by atoms with Gasteiger partial charge in [-0.25, -0.2) is 0 Å². The van der Waals surface area contributed by atoms with Crippen LogP contribution in [-0.4, -0.2) is 25.7 Å². The summed E-state index contributed by atoms with van der Waals surface area (Å²) in [6, 6.07) is 14.6. The van der Waals surface area contributed by atoms with Gasteiger partial charge in [-0.2, -0.15) is 0 Å². The summed E-state index contributed by atoms with van der Waals surface area (Å²) in [6.07, 6.45) is 2.09. The molecule has 5 nitrogen and oxygen atoms in total. The van der Waals surface area contributed by atoms with Crippen LogP contribution in [-0.2, 0) is 6.42 Å². The molecule has 134 valence electrons. The third-order valence-corrected chi connectivity index (χ3v) is 5.69. The Hall–Kier alpha value is -2.69. The molecule has 1 heterocycles. The summed E-state index contributed by atoms with van der Waals surface area (Å²) in [5.74, 6) is 4.07. The molecule has 2 aromatic rings. The van der Waals surface area contributed by atoms with Crippen LogP contribution in [0.15, 0.2) is 47.5 Å². The molecule has 3 unspecified atom stereocenters. The Balaban J connectivity index is 1.22. The van der Waals surface area contributed by atoms with E-state index in [1.54, 1.807) is 0 Å². The summed E-state index contributed by atoms with van der Waals surface area (Å²) in [5, 5.41) is 3.17. The lowest BCUT2D eigenvalue weighted by Gasteiger charge is -2.11. The lowest BCUT2D eigenvalue weighted by Crippen LogP contribution is -2.23. The number of anilines is 1. The number of nitrogens with one attached hydrogen (secondary N) is 1. The standard InChI is InChI=1S/C21H23N3O2/c22-21(24-14-6-7-18-19(11-14)26-9-3-8-25-18)23-12-17-16-10-13-4-1-2-5-15(13)20(16)17/h1-2,4-7,11,16-17,20H,3,8-10,12H2,(H3,22,23,24). The van der Waals surface area contributed by atoms with Gasteiger partial charge in [-0.3, -0.25) is 4.99 Å². The number of aliphatic imine (C=N–C) groups is 1. The summed E-state index contributed by atoms with van der Waals surface area (Å²) in [6.45, 7) is 2.15. The van der Waals surface area contributed by atoms with Gasteiger partial charge in [-0.1, -0.05) is 24.3 Å². The maximum Gasteiger partial charge on any atom is 0.193 e. The molecule has 0 saturated heterocycles. The number of ether oxygens (including phenoxy) is 2. The van der Waals surface area contributed by atoms with Crippen molar-refractivity contribution in [2.75, 3.05) is 25.1 Å². The predicted molar refractivity (Wildman–Crippen MR) is 102 cm³/mol. The molecular weight excluding hydrogens is 326 g/mol. The summed E-state index contributed by atoms with van der Waals surface area (Å²) in [7, 11) is 0. The lowest BCUT2D eigenvalue weighted by molar-refractivity contribution is 0.297. The molecule has 0 aromatic heterocycles. The van der Waals surface area contributed by atoms with Crippen LogP contribution in [0, 0.1) is 11.8 Å². The smallest absolute Gasteiger partial charge is 0.193 e. The van der Waals surface area contributed by atoms with Crippen molar-refractivity contribution < 1.29 is 9.47 Å². The second-order valence-corrected chi connectivity index (χ2v) is 7.32. The van der Waals surface area contributed by atoms with Crippen molar-refractivity contribution in [2.45, 2.75) is 18.8 Å². The second-order valence-electron chi connectivity index (χ2n) is 7.32. The molecule has 5 heteroatoms. The number of guanidine groups is 1. The SMILES string of the molecule is NC(=NCC1C2Cc3ccccc3C12)Nc1ccc2c(c1)OCCCO2. The molecule has 0 amide bonds. The molecule has 5 rings (SSSR count). The van der Waals surface area contributed by atoms with Crippen LogP contribution in [0.5, 0.6) is 11.5 Å². The molecule has 1 saturated carbocycles. The summed E-state index contributed by atoms with van der Waals surface area (Å²) >= 11 is 0. The van der Waals surface area contributed by atoms with Gasteiger partial charge in [0.15, 0.2) is 17.5 Å². The van der Waals surface area contributed by atoms with Crippen molar-refractivity contribution in [2.24, 2.45) is 22.6 Å². The van der Waals surface area contributed by atoms with E-state index >= 15 is 0 Å². The first-order valence-electron chi connectivity index (χ1n) is 9.34. The molecule has 0 spiro atoms. The van der Waals surface area contributed by atoms with Gasteiger partial charge >= 0.3 is 0 Å². The number of hydrogen-bond donors (Lipinski definition) is 2. The van der Waals surface area contributed by atoms with E-state index < -0.39 is 0 Å². The number of benzene rings is 2. The third kappa shape index (κ3) is 2.77. The Morgan fingerprint density at radius 1 is 1.12 bits per heavy atom. The normalized spacial score (nSPS) is 25.8. The molecule has 1 aliphatic heterocycles. The van der Waals surface area contributed by atoms with Gasteiger partial charge in [0.2, 0.25) is 0 Å². The van der Waals surface area contributed by atoms with E-state index in [-0.39, 0.29) is 0 Å². The topological polar surface area (TPSA) is 68.9 Å². The van der Waals surface area contributed by atoms with Gasteiger partial charge in [0.1, 0.15) is 0 Å². The molecule has 0 bridgehead atoms. The average molecular weight is 349 g/mol. The number of hydrogen-bond acceptors (Lipinski definition) is 3. The van der Waals surface area contributed by atoms with Gasteiger partial charge < -0.3 is 20.5 Å². The van der Waals surface area contributed by atoms with Crippen LogP contribution in [0.4, 0.5) is 5.69 Å². The monoisotopic (exact) mass is 349 g/mol. The predicted octanol–water partition coefficient (Wildman–Crippen LogP) is 3.16. The van der Waals surface area contributed by atoms with Crippen LogP contribution < -0.4 is 20.5 Å². The highest BCUT2D eigenvalue weighted by molar-refractivity contribution is 5.92. The minimum absolute atomic E-state index is 0.456. The van der Waals surface area contributed by atoms with Gasteiger partial charge in [0, 0.05) is 24.7 Å². The molecule has 3 atom stereocenters. The van der Waals surface area contributed by atoms with Gasteiger partial charge in [-0.05, 0) is 47.4 Å². The first-order valence-corrected chi connectivity index (χ1v) is 9.34. The van der Waals surface area contributed by atoms with Crippen LogP contribution >= 0.6 is 0 Å². The van der Waals surface area contributed by atoms with E-state index in [0.29, 0.717) is 31.0 Å². The fraction of sp³-hybridized carbons (Fsp3) is 0.381. The van der Waals surface area contributed by atoms with E-state index in [0.717, 1.165) is 36.1 Å². The summed E-state index contributed by atoms with van der Waals surface area (Å²) in [4.78, 5) is 4.58. The molecule has 2 aromatic carbocycles. The maximum atomic E-state index is 6.10. The highest BCUT2D eigenvalue weighted by Gasteiger charge is 2.54. The zero-order valence-electron chi connectivity index (χ0n) is 14.7. The fourth-order valence-corrected chi connectivity index (χ4v) is 4.36. The van der Waals surface area contributed by atoms with E-state index in [1.165, 1.54) is 17.5 Å². The Morgan fingerprint density at radius 2 is 1.96 bits per heavy atom. The molecule has 2 aliphatic carbocycles. The number of fused-ring (bicyclic) bond motifs is 4. The molecule has 1 fully saturated rings. The van der Waals surface area contributed by atoms with E-state index in [9.17, 15) is 0 Å². The average Bonchev–Trinajstić information content (AvgIpc) is 3.28.